The van der Waals surface area contributed by atoms with Crippen molar-refractivity contribution in [3.8, 4) is 5.75 Å². The van der Waals surface area contributed by atoms with Crippen molar-refractivity contribution in [2.75, 3.05) is 13.7 Å². The van der Waals surface area contributed by atoms with Gasteiger partial charge in [-0.25, -0.2) is 0 Å². The van der Waals surface area contributed by atoms with Crippen LogP contribution in [0.15, 0.2) is 18.2 Å². The summed E-state index contributed by atoms with van der Waals surface area (Å²) in [6.45, 7) is 1.91. The summed E-state index contributed by atoms with van der Waals surface area (Å²) in [5.74, 6) is 0.556. The maximum atomic E-state index is 11.7. The zero-order chi connectivity index (χ0) is 13.5. The second kappa shape index (κ2) is 7.24. The van der Waals surface area contributed by atoms with E-state index in [2.05, 4.69) is 5.32 Å². The van der Waals surface area contributed by atoms with Gasteiger partial charge < -0.3 is 15.2 Å². The van der Waals surface area contributed by atoms with Gasteiger partial charge in [-0.05, 0) is 31.0 Å². The Labute approximate surface area is 112 Å². The molecule has 4 nitrogen and oxygen atoms in total. The first-order valence-corrected chi connectivity index (χ1v) is 6.17. The summed E-state index contributed by atoms with van der Waals surface area (Å²) in [5.41, 5.74) is 0.756. The van der Waals surface area contributed by atoms with Crippen molar-refractivity contribution < 1.29 is 14.6 Å². The SMILES string of the molecule is COc1ccc(CC(=O)NC(C)CCO)c(Cl)c1. The Bertz CT molecular complexity index is 409. The molecule has 0 saturated carbocycles. The number of aliphatic hydroxyl groups excluding tert-OH is 1. The molecule has 0 radical (unpaired) electrons. The Morgan fingerprint density at radius 3 is 2.83 bits per heavy atom. The number of amides is 1. The van der Waals surface area contributed by atoms with Gasteiger partial charge in [0.15, 0.2) is 0 Å². The van der Waals surface area contributed by atoms with Gasteiger partial charge in [-0.2, -0.15) is 0 Å². The van der Waals surface area contributed by atoms with Gasteiger partial charge in [-0.3, -0.25) is 4.79 Å². The number of carbonyl (C=O) groups excluding carboxylic acids is 1. The molecule has 0 bridgehead atoms. The van der Waals surface area contributed by atoms with Crippen LogP contribution in [0.3, 0.4) is 0 Å². The molecular formula is C13H18ClNO3. The average molecular weight is 272 g/mol. The van der Waals surface area contributed by atoms with E-state index in [1.165, 1.54) is 0 Å². The molecule has 0 aliphatic carbocycles. The lowest BCUT2D eigenvalue weighted by Crippen LogP contribution is -2.34. The molecule has 0 spiro atoms. The quantitative estimate of drug-likeness (QED) is 0.829. The predicted molar refractivity (Wildman–Crippen MR) is 71.0 cm³/mol. The Balaban J connectivity index is 2.59. The summed E-state index contributed by atoms with van der Waals surface area (Å²) in [6.07, 6.45) is 0.765. The lowest BCUT2D eigenvalue weighted by molar-refractivity contribution is -0.121. The standard InChI is InChI=1S/C13H18ClNO3/c1-9(5-6-16)15-13(17)7-10-3-4-11(18-2)8-12(10)14/h3-4,8-9,16H,5-7H2,1-2H3,(H,15,17). The molecule has 1 aromatic carbocycles. The molecule has 2 N–H and O–H groups in total. The number of nitrogens with one attached hydrogen (secondary N) is 1. The predicted octanol–water partition coefficient (Wildman–Crippen LogP) is 1.78. The van der Waals surface area contributed by atoms with Crippen molar-refractivity contribution in [1.82, 2.24) is 5.32 Å². The fourth-order valence-corrected chi connectivity index (χ4v) is 1.80. The fourth-order valence-electron chi connectivity index (χ4n) is 1.56. The first kappa shape index (κ1) is 14.8. The Kier molecular flexibility index (Phi) is 5.95. The maximum Gasteiger partial charge on any atom is 0.224 e. The van der Waals surface area contributed by atoms with Gasteiger partial charge in [0.1, 0.15) is 5.75 Å². The number of methoxy groups -OCH3 is 1. The molecule has 1 amide bonds. The van der Waals surface area contributed by atoms with Gasteiger partial charge in [0.05, 0.1) is 13.5 Å². The van der Waals surface area contributed by atoms with Crippen LogP contribution in [0.4, 0.5) is 0 Å². The number of hydrogen-bond donors (Lipinski definition) is 2. The molecule has 1 rings (SSSR count). The largest absolute Gasteiger partial charge is 0.497 e. The van der Waals surface area contributed by atoms with Crippen molar-refractivity contribution in [3.05, 3.63) is 28.8 Å². The van der Waals surface area contributed by atoms with Crippen LogP contribution in [0.5, 0.6) is 5.75 Å². The molecule has 0 aliphatic rings. The molecular weight excluding hydrogens is 254 g/mol. The number of rotatable bonds is 6. The average Bonchev–Trinajstić information content (AvgIpc) is 2.31. The molecule has 0 aliphatic heterocycles. The Hall–Kier alpha value is -1.26. The molecule has 0 heterocycles. The summed E-state index contributed by atoms with van der Waals surface area (Å²) in [6, 6.07) is 5.18. The number of benzene rings is 1. The van der Waals surface area contributed by atoms with Crippen LogP contribution >= 0.6 is 11.6 Å². The minimum Gasteiger partial charge on any atom is -0.497 e. The van der Waals surface area contributed by atoms with E-state index in [0.717, 1.165) is 5.56 Å². The Morgan fingerprint density at radius 2 is 2.28 bits per heavy atom. The number of halogens is 1. The normalized spacial score (nSPS) is 12.0. The van der Waals surface area contributed by atoms with Gasteiger partial charge in [0.25, 0.3) is 0 Å². The van der Waals surface area contributed by atoms with Crippen LogP contribution in [0, 0.1) is 0 Å². The summed E-state index contributed by atoms with van der Waals surface area (Å²) in [7, 11) is 1.56. The lowest BCUT2D eigenvalue weighted by Gasteiger charge is -2.13. The maximum absolute atomic E-state index is 11.7. The molecule has 100 valence electrons. The zero-order valence-electron chi connectivity index (χ0n) is 10.6. The minimum absolute atomic E-state index is 0.0421. The number of hydrogen-bond acceptors (Lipinski definition) is 3. The van der Waals surface area contributed by atoms with Crippen molar-refractivity contribution in [1.29, 1.82) is 0 Å². The van der Waals surface area contributed by atoms with E-state index < -0.39 is 0 Å². The number of aliphatic hydroxyl groups is 1. The van der Waals surface area contributed by atoms with Crippen molar-refractivity contribution in [2.45, 2.75) is 25.8 Å². The van der Waals surface area contributed by atoms with Crippen LogP contribution in [0.25, 0.3) is 0 Å². The Morgan fingerprint density at radius 1 is 1.56 bits per heavy atom. The third-order valence-corrected chi connectivity index (χ3v) is 2.93. The van der Waals surface area contributed by atoms with E-state index in [4.69, 9.17) is 21.4 Å². The smallest absolute Gasteiger partial charge is 0.224 e. The highest BCUT2D eigenvalue weighted by Gasteiger charge is 2.10. The van der Waals surface area contributed by atoms with Crippen LogP contribution in [0.2, 0.25) is 5.02 Å². The monoisotopic (exact) mass is 271 g/mol. The third-order valence-electron chi connectivity index (χ3n) is 2.58. The molecule has 1 atom stereocenters. The van der Waals surface area contributed by atoms with Crippen molar-refractivity contribution >= 4 is 17.5 Å². The summed E-state index contributed by atoms with van der Waals surface area (Å²) >= 11 is 6.05. The van der Waals surface area contributed by atoms with Crippen LogP contribution in [-0.4, -0.2) is 30.8 Å². The minimum atomic E-state index is -0.108. The zero-order valence-corrected chi connectivity index (χ0v) is 11.3. The molecule has 0 fully saturated rings. The third kappa shape index (κ3) is 4.55. The molecule has 0 aromatic heterocycles. The van der Waals surface area contributed by atoms with Gasteiger partial charge in [0.2, 0.25) is 5.91 Å². The second-order valence-electron chi connectivity index (χ2n) is 4.11. The molecule has 5 heteroatoms. The molecule has 1 unspecified atom stereocenters. The summed E-state index contributed by atoms with van der Waals surface area (Å²) in [5, 5.41) is 12.1. The summed E-state index contributed by atoms with van der Waals surface area (Å²) in [4.78, 5) is 11.7. The van der Waals surface area contributed by atoms with E-state index in [-0.39, 0.29) is 25.0 Å². The van der Waals surface area contributed by atoms with Crippen LogP contribution < -0.4 is 10.1 Å². The van der Waals surface area contributed by atoms with Gasteiger partial charge in [0, 0.05) is 17.7 Å². The van der Waals surface area contributed by atoms with Crippen LogP contribution in [0.1, 0.15) is 18.9 Å². The lowest BCUT2D eigenvalue weighted by atomic mass is 10.1. The van der Waals surface area contributed by atoms with Gasteiger partial charge >= 0.3 is 0 Å². The van der Waals surface area contributed by atoms with Crippen molar-refractivity contribution in [3.63, 3.8) is 0 Å². The van der Waals surface area contributed by atoms with E-state index in [1.54, 1.807) is 25.3 Å². The highest BCUT2D eigenvalue weighted by Crippen LogP contribution is 2.22. The highest BCUT2D eigenvalue weighted by atomic mass is 35.5. The number of ether oxygens (including phenoxy) is 1. The molecule has 1 aromatic rings. The van der Waals surface area contributed by atoms with Crippen molar-refractivity contribution in [2.24, 2.45) is 0 Å². The molecule has 18 heavy (non-hydrogen) atoms. The van der Waals surface area contributed by atoms with E-state index >= 15 is 0 Å². The van der Waals surface area contributed by atoms with E-state index in [0.29, 0.717) is 17.2 Å². The van der Waals surface area contributed by atoms with E-state index in [1.807, 2.05) is 6.92 Å². The van der Waals surface area contributed by atoms with E-state index in [9.17, 15) is 4.79 Å². The molecule has 0 saturated heterocycles. The fraction of sp³-hybridized carbons (Fsp3) is 0.462. The van der Waals surface area contributed by atoms with Crippen LogP contribution in [-0.2, 0) is 11.2 Å². The van der Waals surface area contributed by atoms with Gasteiger partial charge in [-0.1, -0.05) is 17.7 Å². The number of carbonyl (C=O) groups is 1. The highest BCUT2D eigenvalue weighted by molar-refractivity contribution is 6.31. The summed E-state index contributed by atoms with van der Waals surface area (Å²) < 4.78 is 5.04. The van der Waals surface area contributed by atoms with Gasteiger partial charge in [-0.15, -0.1) is 0 Å². The first-order chi connectivity index (χ1) is 8.56. The first-order valence-electron chi connectivity index (χ1n) is 5.79. The second-order valence-corrected chi connectivity index (χ2v) is 4.52. The topological polar surface area (TPSA) is 58.6 Å².